The third-order valence-electron chi connectivity index (χ3n) is 3.99. The van der Waals surface area contributed by atoms with Crippen molar-refractivity contribution in [1.29, 1.82) is 0 Å². The maximum Gasteiger partial charge on any atom is 0.226 e. The van der Waals surface area contributed by atoms with Gasteiger partial charge in [0.25, 0.3) is 0 Å². The van der Waals surface area contributed by atoms with Crippen LogP contribution >= 0.6 is 0 Å². The third kappa shape index (κ3) is 6.35. The molecule has 2 heterocycles. The lowest BCUT2D eigenvalue weighted by atomic mass is 10.2. The van der Waals surface area contributed by atoms with E-state index >= 15 is 0 Å². The van der Waals surface area contributed by atoms with Gasteiger partial charge in [0, 0.05) is 49.4 Å². The van der Waals surface area contributed by atoms with Gasteiger partial charge in [-0.2, -0.15) is 4.98 Å². The third-order valence-corrected chi connectivity index (χ3v) is 3.99. The van der Waals surface area contributed by atoms with E-state index in [2.05, 4.69) is 30.9 Å². The highest BCUT2D eigenvalue weighted by Crippen LogP contribution is 2.10. The lowest BCUT2D eigenvalue weighted by Gasteiger charge is -2.10. The Morgan fingerprint density at radius 1 is 1.00 bits per heavy atom. The summed E-state index contributed by atoms with van der Waals surface area (Å²) in [6.07, 6.45) is 4.81. The molecular weight excluding hydrogens is 352 g/mol. The predicted molar refractivity (Wildman–Crippen MR) is 111 cm³/mol. The van der Waals surface area contributed by atoms with Gasteiger partial charge in [-0.25, -0.2) is 4.98 Å². The number of nitrogens with zero attached hydrogens (tertiary/aromatic N) is 3. The number of carbonyl (C=O) groups is 1. The van der Waals surface area contributed by atoms with Gasteiger partial charge in [-0.05, 0) is 37.1 Å². The van der Waals surface area contributed by atoms with E-state index in [1.54, 1.807) is 6.20 Å². The van der Waals surface area contributed by atoms with Crippen LogP contribution in [0.15, 0.2) is 60.9 Å². The molecule has 1 amide bonds. The Morgan fingerprint density at radius 3 is 2.64 bits per heavy atom. The molecule has 3 rings (SSSR count). The topological polar surface area (TPSA) is 91.8 Å². The fourth-order valence-corrected chi connectivity index (χ4v) is 2.65. The first-order valence-electron chi connectivity index (χ1n) is 9.26. The SMILES string of the molecule is Cc1cc(NCCC(=O)Nc2ccccc2)nc(NCCc2cccnc2)n1. The van der Waals surface area contributed by atoms with Crippen LogP contribution in [0.5, 0.6) is 0 Å². The first-order valence-corrected chi connectivity index (χ1v) is 9.26. The normalized spacial score (nSPS) is 10.3. The zero-order valence-electron chi connectivity index (χ0n) is 15.9. The van der Waals surface area contributed by atoms with E-state index in [0.717, 1.165) is 23.4 Å². The zero-order chi connectivity index (χ0) is 19.6. The largest absolute Gasteiger partial charge is 0.369 e. The van der Waals surface area contributed by atoms with Gasteiger partial charge in [-0.1, -0.05) is 24.3 Å². The minimum atomic E-state index is -0.0423. The molecule has 7 nitrogen and oxygen atoms in total. The number of hydrogen-bond acceptors (Lipinski definition) is 6. The number of carbonyl (C=O) groups excluding carboxylic acids is 1. The molecule has 0 saturated heterocycles. The summed E-state index contributed by atoms with van der Waals surface area (Å²) >= 11 is 0. The van der Waals surface area contributed by atoms with Gasteiger partial charge in [-0.3, -0.25) is 9.78 Å². The van der Waals surface area contributed by atoms with E-state index in [-0.39, 0.29) is 5.91 Å². The Kier molecular flexibility index (Phi) is 6.89. The van der Waals surface area contributed by atoms with Crippen LogP contribution < -0.4 is 16.0 Å². The number of hydrogen-bond donors (Lipinski definition) is 3. The van der Waals surface area contributed by atoms with Crippen LogP contribution in [-0.2, 0) is 11.2 Å². The molecule has 0 spiro atoms. The van der Waals surface area contributed by atoms with Crippen LogP contribution in [0.4, 0.5) is 17.5 Å². The molecule has 0 aliphatic rings. The van der Waals surface area contributed by atoms with Gasteiger partial charge in [0.2, 0.25) is 11.9 Å². The van der Waals surface area contributed by atoms with Gasteiger partial charge in [-0.15, -0.1) is 0 Å². The van der Waals surface area contributed by atoms with Crippen molar-refractivity contribution in [2.45, 2.75) is 19.8 Å². The number of aromatic nitrogens is 3. The molecular formula is C21H24N6O. The van der Waals surface area contributed by atoms with E-state index in [4.69, 9.17) is 0 Å². The lowest BCUT2D eigenvalue weighted by Crippen LogP contribution is -2.17. The highest BCUT2D eigenvalue weighted by Gasteiger charge is 2.05. The number of amides is 1. The van der Waals surface area contributed by atoms with Crippen LogP contribution in [0.3, 0.4) is 0 Å². The van der Waals surface area contributed by atoms with Crippen LogP contribution in [0.25, 0.3) is 0 Å². The quantitative estimate of drug-likeness (QED) is 0.531. The molecule has 0 unspecified atom stereocenters. The Morgan fingerprint density at radius 2 is 1.86 bits per heavy atom. The molecule has 0 bridgehead atoms. The van der Waals surface area contributed by atoms with Crippen molar-refractivity contribution in [3.63, 3.8) is 0 Å². The maximum absolute atomic E-state index is 12.0. The van der Waals surface area contributed by atoms with Crippen LogP contribution in [0, 0.1) is 6.92 Å². The first-order chi connectivity index (χ1) is 13.7. The second-order valence-corrected chi connectivity index (χ2v) is 6.35. The van der Waals surface area contributed by atoms with Gasteiger partial charge in [0.15, 0.2) is 0 Å². The number of nitrogens with one attached hydrogen (secondary N) is 3. The molecule has 1 aromatic carbocycles. The fourth-order valence-electron chi connectivity index (χ4n) is 2.65. The minimum absolute atomic E-state index is 0.0423. The lowest BCUT2D eigenvalue weighted by molar-refractivity contribution is -0.115. The molecule has 0 radical (unpaired) electrons. The van der Waals surface area contributed by atoms with Gasteiger partial charge >= 0.3 is 0 Å². The number of benzene rings is 1. The minimum Gasteiger partial charge on any atom is -0.369 e. The van der Waals surface area contributed by atoms with Crippen molar-refractivity contribution in [3.8, 4) is 0 Å². The molecule has 3 N–H and O–H groups in total. The van der Waals surface area contributed by atoms with Crippen LogP contribution in [0.2, 0.25) is 0 Å². The standard InChI is InChI=1S/C21H24N6O/c1-16-14-19(23-13-10-20(28)26-18-7-3-2-4-8-18)27-21(25-16)24-12-9-17-6-5-11-22-15-17/h2-8,11,14-15H,9-10,12-13H2,1H3,(H,26,28)(H2,23,24,25,27). The average Bonchev–Trinajstić information content (AvgIpc) is 2.69. The van der Waals surface area contributed by atoms with Crippen molar-refractivity contribution in [2.75, 3.05) is 29.0 Å². The fraction of sp³-hybridized carbons (Fsp3) is 0.238. The summed E-state index contributed by atoms with van der Waals surface area (Å²) in [4.78, 5) is 25.0. The highest BCUT2D eigenvalue weighted by atomic mass is 16.1. The molecule has 0 atom stereocenters. The van der Waals surface area contributed by atoms with Gasteiger partial charge < -0.3 is 16.0 Å². The average molecular weight is 376 g/mol. The van der Waals surface area contributed by atoms with E-state index in [9.17, 15) is 4.79 Å². The van der Waals surface area contributed by atoms with Gasteiger partial charge in [0.05, 0.1) is 0 Å². The van der Waals surface area contributed by atoms with Crippen molar-refractivity contribution in [2.24, 2.45) is 0 Å². The summed E-state index contributed by atoms with van der Waals surface area (Å²) in [5.41, 5.74) is 2.81. The molecule has 28 heavy (non-hydrogen) atoms. The van der Waals surface area contributed by atoms with Crippen molar-refractivity contribution in [1.82, 2.24) is 15.0 Å². The molecule has 7 heteroatoms. The summed E-state index contributed by atoms with van der Waals surface area (Å²) in [5.74, 6) is 1.23. The smallest absolute Gasteiger partial charge is 0.226 e. The van der Waals surface area contributed by atoms with Crippen molar-refractivity contribution in [3.05, 3.63) is 72.2 Å². The Hall–Kier alpha value is -3.48. The summed E-state index contributed by atoms with van der Waals surface area (Å²) in [5, 5.41) is 9.29. The summed E-state index contributed by atoms with van der Waals surface area (Å²) in [7, 11) is 0. The monoisotopic (exact) mass is 376 g/mol. The second-order valence-electron chi connectivity index (χ2n) is 6.35. The van der Waals surface area contributed by atoms with E-state index in [0.29, 0.717) is 31.3 Å². The molecule has 2 aromatic heterocycles. The van der Waals surface area contributed by atoms with Crippen LogP contribution in [-0.4, -0.2) is 33.9 Å². The van der Waals surface area contributed by atoms with E-state index in [1.807, 2.05) is 61.7 Å². The maximum atomic E-state index is 12.0. The van der Waals surface area contributed by atoms with Crippen molar-refractivity contribution >= 4 is 23.4 Å². The summed E-state index contributed by atoms with van der Waals surface area (Å²) < 4.78 is 0. The molecule has 0 aliphatic carbocycles. The molecule has 0 aliphatic heterocycles. The number of para-hydroxylation sites is 1. The molecule has 0 fully saturated rings. The van der Waals surface area contributed by atoms with Crippen LogP contribution in [0.1, 0.15) is 17.7 Å². The Balaban J connectivity index is 1.45. The zero-order valence-corrected chi connectivity index (χ0v) is 15.9. The first kappa shape index (κ1) is 19.3. The van der Waals surface area contributed by atoms with E-state index < -0.39 is 0 Å². The number of anilines is 3. The summed E-state index contributed by atoms with van der Waals surface area (Å²) in [6.45, 7) is 3.12. The van der Waals surface area contributed by atoms with Gasteiger partial charge in [0.1, 0.15) is 5.82 Å². The number of rotatable bonds is 9. The predicted octanol–water partition coefficient (Wildman–Crippen LogP) is 3.28. The van der Waals surface area contributed by atoms with Crippen molar-refractivity contribution < 1.29 is 4.79 Å². The second kappa shape index (κ2) is 10.0. The summed E-state index contributed by atoms with van der Waals surface area (Å²) in [6, 6.07) is 15.2. The highest BCUT2D eigenvalue weighted by molar-refractivity contribution is 5.90. The molecule has 144 valence electrons. The Labute approximate surface area is 164 Å². The van der Waals surface area contributed by atoms with E-state index in [1.165, 1.54) is 0 Å². The number of aryl methyl sites for hydroxylation is 1. The Bertz CT molecular complexity index is 886. The molecule has 3 aromatic rings. The number of pyridine rings is 1. The molecule has 0 saturated carbocycles.